The third-order valence-electron chi connectivity index (χ3n) is 3.29. The molecule has 1 atom stereocenters. The minimum absolute atomic E-state index is 0.0735. The molecule has 1 aromatic rings. The van der Waals surface area contributed by atoms with E-state index in [4.69, 9.17) is 5.73 Å². The fourth-order valence-electron chi connectivity index (χ4n) is 1.89. The highest BCUT2D eigenvalue weighted by Crippen LogP contribution is 2.20. The zero-order chi connectivity index (χ0) is 13.7. The molecule has 2 N–H and O–H groups in total. The molecule has 1 unspecified atom stereocenters. The minimum Gasteiger partial charge on any atom is -0.327 e. The van der Waals surface area contributed by atoms with Crippen LogP contribution in [-0.4, -0.2) is 18.5 Å². The van der Waals surface area contributed by atoms with Crippen molar-refractivity contribution in [3.05, 3.63) is 29.8 Å². The van der Waals surface area contributed by atoms with Gasteiger partial charge < -0.3 is 10.6 Å². The Morgan fingerprint density at radius 2 is 1.94 bits per heavy atom. The third-order valence-corrected chi connectivity index (χ3v) is 3.29. The van der Waals surface area contributed by atoms with Crippen LogP contribution >= 0.6 is 0 Å². The summed E-state index contributed by atoms with van der Waals surface area (Å²) in [4.78, 5) is 14.1. The lowest BCUT2D eigenvalue weighted by Gasteiger charge is -2.25. The lowest BCUT2D eigenvalue weighted by atomic mass is 10.0. The van der Waals surface area contributed by atoms with Gasteiger partial charge in [0.15, 0.2) is 0 Å². The maximum atomic E-state index is 12.3. The number of amides is 1. The summed E-state index contributed by atoms with van der Waals surface area (Å²) in [6.45, 7) is 8.78. The fraction of sp³-hybridized carbons (Fsp3) is 0.533. The van der Waals surface area contributed by atoms with Crippen molar-refractivity contribution in [1.82, 2.24) is 0 Å². The molecule has 0 aromatic heterocycles. The van der Waals surface area contributed by atoms with Crippen molar-refractivity contribution in [3.63, 3.8) is 0 Å². The fourth-order valence-corrected chi connectivity index (χ4v) is 1.89. The first-order valence-electron chi connectivity index (χ1n) is 6.59. The SMILES string of the molecule is CCN(C(=O)CC(N)C(C)C)c1ccccc1C. The summed E-state index contributed by atoms with van der Waals surface area (Å²) in [5.41, 5.74) is 8.08. The number of para-hydroxylation sites is 1. The van der Waals surface area contributed by atoms with Crippen LogP contribution < -0.4 is 10.6 Å². The Kier molecular flexibility index (Phi) is 5.35. The first-order valence-corrected chi connectivity index (χ1v) is 6.59. The molecule has 0 heterocycles. The largest absolute Gasteiger partial charge is 0.327 e. The second-order valence-electron chi connectivity index (χ2n) is 5.04. The van der Waals surface area contributed by atoms with Crippen LogP contribution in [0.15, 0.2) is 24.3 Å². The molecule has 0 bridgehead atoms. The number of hydrogen-bond donors (Lipinski definition) is 1. The summed E-state index contributed by atoms with van der Waals surface area (Å²) >= 11 is 0. The van der Waals surface area contributed by atoms with Crippen LogP contribution in [0.3, 0.4) is 0 Å². The minimum atomic E-state index is -0.0735. The van der Waals surface area contributed by atoms with E-state index >= 15 is 0 Å². The lowest BCUT2D eigenvalue weighted by molar-refractivity contribution is -0.119. The molecule has 0 radical (unpaired) electrons. The molecule has 3 nitrogen and oxygen atoms in total. The maximum Gasteiger partial charge on any atom is 0.228 e. The standard InChI is InChI=1S/C15H24N2O/c1-5-17(14-9-7-6-8-12(14)4)15(18)10-13(16)11(2)3/h6-9,11,13H,5,10,16H2,1-4H3. The summed E-state index contributed by atoms with van der Waals surface area (Å²) in [5.74, 6) is 0.428. The van der Waals surface area contributed by atoms with Gasteiger partial charge in [0.05, 0.1) is 0 Å². The van der Waals surface area contributed by atoms with Gasteiger partial charge in [0.1, 0.15) is 0 Å². The third kappa shape index (κ3) is 3.57. The molecule has 3 heteroatoms. The number of hydrogen-bond acceptors (Lipinski definition) is 2. The summed E-state index contributed by atoms with van der Waals surface area (Å²) in [6, 6.07) is 7.87. The molecule has 1 aromatic carbocycles. The Morgan fingerprint density at radius 3 is 2.44 bits per heavy atom. The topological polar surface area (TPSA) is 46.3 Å². The quantitative estimate of drug-likeness (QED) is 0.871. The van der Waals surface area contributed by atoms with E-state index in [0.29, 0.717) is 18.9 Å². The van der Waals surface area contributed by atoms with Crippen LogP contribution in [-0.2, 0) is 4.79 Å². The highest BCUT2D eigenvalue weighted by molar-refractivity contribution is 5.94. The van der Waals surface area contributed by atoms with Gasteiger partial charge in [-0.05, 0) is 31.4 Å². The molecule has 0 aliphatic carbocycles. The maximum absolute atomic E-state index is 12.3. The first-order chi connectivity index (χ1) is 8.47. The molecule has 18 heavy (non-hydrogen) atoms. The molecule has 1 amide bonds. The summed E-state index contributed by atoms with van der Waals surface area (Å²) in [5, 5.41) is 0. The normalized spacial score (nSPS) is 12.6. The van der Waals surface area contributed by atoms with Crippen LogP contribution in [0.25, 0.3) is 0 Å². The summed E-state index contributed by atoms with van der Waals surface area (Å²) in [6.07, 6.45) is 0.403. The number of nitrogens with zero attached hydrogens (tertiary/aromatic N) is 1. The smallest absolute Gasteiger partial charge is 0.228 e. The van der Waals surface area contributed by atoms with Gasteiger partial charge >= 0.3 is 0 Å². The molecule has 0 aliphatic heterocycles. The van der Waals surface area contributed by atoms with Crippen molar-refractivity contribution in [3.8, 4) is 0 Å². The van der Waals surface area contributed by atoms with Crippen LogP contribution in [0.2, 0.25) is 0 Å². The second-order valence-corrected chi connectivity index (χ2v) is 5.04. The molecule has 0 spiro atoms. The molecule has 0 fully saturated rings. The van der Waals surface area contributed by atoms with E-state index in [0.717, 1.165) is 11.3 Å². The Hall–Kier alpha value is -1.35. The molecule has 0 saturated heterocycles. The number of anilines is 1. The number of carbonyl (C=O) groups excluding carboxylic acids is 1. The van der Waals surface area contributed by atoms with Crippen molar-refractivity contribution in [1.29, 1.82) is 0 Å². The Labute approximate surface area is 110 Å². The van der Waals surface area contributed by atoms with Crippen LogP contribution in [0.1, 0.15) is 32.8 Å². The van der Waals surface area contributed by atoms with Crippen molar-refractivity contribution < 1.29 is 4.79 Å². The summed E-state index contributed by atoms with van der Waals surface area (Å²) in [7, 11) is 0. The van der Waals surface area contributed by atoms with E-state index < -0.39 is 0 Å². The van der Waals surface area contributed by atoms with Gasteiger partial charge in [-0.1, -0.05) is 32.0 Å². The average molecular weight is 248 g/mol. The molecular formula is C15H24N2O. The van der Waals surface area contributed by atoms with E-state index in [-0.39, 0.29) is 11.9 Å². The van der Waals surface area contributed by atoms with Crippen molar-refractivity contribution in [2.24, 2.45) is 11.7 Å². The number of aryl methyl sites for hydroxylation is 1. The monoisotopic (exact) mass is 248 g/mol. The van der Waals surface area contributed by atoms with Gasteiger partial charge in [-0.2, -0.15) is 0 Å². The highest BCUT2D eigenvalue weighted by Gasteiger charge is 2.19. The van der Waals surface area contributed by atoms with E-state index in [9.17, 15) is 4.79 Å². The van der Waals surface area contributed by atoms with Crippen LogP contribution in [0, 0.1) is 12.8 Å². The summed E-state index contributed by atoms with van der Waals surface area (Å²) < 4.78 is 0. The molecule has 0 aliphatic rings. The van der Waals surface area contributed by atoms with E-state index in [2.05, 4.69) is 0 Å². The molecule has 0 saturated carbocycles. The Bertz CT molecular complexity index is 401. The van der Waals surface area contributed by atoms with E-state index in [1.54, 1.807) is 0 Å². The Morgan fingerprint density at radius 1 is 1.33 bits per heavy atom. The van der Waals surface area contributed by atoms with E-state index in [1.807, 2.05) is 56.9 Å². The molecule has 100 valence electrons. The number of carbonyl (C=O) groups is 1. The van der Waals surface area contributed by atoms with Gasteiger partial charge in [-0.25, -0.2) is 0 Å². The Balaban J connectivity index is 2.84. The number of nitrogens with two attached hydrogens (primary N) is 1. The predicted molar refractivity (Wildman–Crippen MR) is 76.6 cm³/mol. The van der Waals surface area contributed by atoms with Crippen LogP contribution in [0.5, 0.6) is 0 Å². The predicted octanol–water partition coefficient (Wildman–Crippen LogP) is 2.72. The zero-order valence-corrected chi connectivity index (χ0v) is 11.8. The van der Waals surface area contributed by atoms with Crippen molar-refractivity contribution >= 4 is 11.6 Å². The molecule has 1 rings (SSSR count). The van der Waals surface area contributed by atoms with Gasteiger partial charge in [-0.3, -0.25) is 4.79 Å². The van der Waals surface area contributed by atoms with Gasteiger partial charge in [0, 0.05) is 24.7 Å². The second kappa shape index (κ2) is 6.55. The van der Waals surface area contributed by atoms with Gasteiger partial charge in [0.2, 0.25) is 5.91 Å². The van der Waals surface area contributed by atoms with Crippen molar-refractivity contribution in [2.75, 3.05) is 11.4 Å². The number of rotatable bonds is 5. The molecular weight excluding hydrogens is 224 g/mol. The first kappa shape index (κ1) is 14.7. The lowest BCUT2D eigenvalue weighted by Crippen LogP contribution is -2.38. The number of benzene rings is 1. The average Bonchev–Trinajstić information content (AvgIpc) is 2.32. The zero-order valence-electron chi connectivity index (χ0n) is 11.8. The van der Waals surface area contributed by atoms with E-state index in [1.165, 1.54) is 0 Å². The van der Waals surface area contributed by atoms with Crippen molar-refractivity contribution in [2.45, 2.75) is 40.2 Å². The van der Waals surface area contributed by atoms with Gasteiger partial charge in [-0.15, -0.1) is 0 Å². The highest BCUT2D eigenvalue weighted by atomic mass is 16.2. The van der Waals surface area contributed by atoms with Gasteiger partial charge in [0.25, 0.3) is 0 Å². The van der Waals surface area contributed by atoms with Crippen LogP contribution in [0.4, 0.5) is 5.69 Å².